The lowest BCUT2D eigenvalue weighted by atomic mass is 10.1. The molecule has 0 aliphatic carbocycles. The van der Waals surface area contributed by atoms with Gasteiger partial charge >= 0.3 is 0 Å². The van der Waals surface area contributed by atoms with Gasteiger partial charge in [0.1, 0.15) is 0 Å². The number of methoxy groups -OCH3 is 2. The van der Waals surface area contributed by atoms with Crippen LogP contribution in [0.5, 0.6) is 11.5 Å². The maximum Gasteiger partial charge on any atom is 0.265 e. The Kier molecular flexibility index (Phi) is 6.21. The molecule has 4 rings (SSSR count). The summed E-state index contributed by atoms with van der Waals surface area (Å²) in [6, 6.07) is 17.5. The minimum atomic E-state index is -0.149. The summed E-state index contributed by atoms with van der Waals surface area (Å²) in [7, 11) is 3.16. The molecule has 0 radical (unpaired) electrons. The van der Waals surface area contributed by atoms with E-state index in [1.54, 1.807) is 32.4 Å². The topological polar surface area (TPSA) is 60.0 Å². The van der Waals surface area contributed by atoms with E-state index in [4.69, 9.17) is 14.2 Å². The number of carbonyl (C=O) groups excluding carboxylic acids is 1. The van der Waals surface area contributed by atoms with Crippen molar-refractivity contribution < 1.29 is 19.0 Å². The van der Waals surface area contributed by atoms with Crippen molar-refractivity contribution in [2.24, 2.45) is 0 Å². The quantitative estimate of drug-likeness (QED) is 0.630. The number of morpholine rings is 1. The lowest BCUT2D eigenvalue weighted by Crippen LogP contribution is -2.35. The Morgan fingerprint density at radius 1 is 1.00 bits per heavy atom. The van der Waals surface area contributed by atoms with Gasteiger partial charge in [-0.25, -0.2) is 0 Å². The molecule has 30 heavy (non-hydrogen) atoms. The molecule has 156 valence electrons. The fraction of sp³-hybridized carbons (Fsp3) is 0.261. The number of nitrogens with zero attached hydrogens (tertiary/aromatic N) is 1. The molecular formula is C23H24N2O4S. The van der Waals surface area contributed by atoms with Gasteiger partial charge < -0.3 is 24.4 Å². The normalized spacial score (nSPS) is 13.7. The lowest BCUT2D eigenvalue weighted by molar-refractivity contribution is 0.103. The van der Waals surface area contributed by atoms with E-state index in [2.05, 4.69) is 22.3 Å². The van der Waals surface area contributed by atoms with Crippen LogP contribution in [0.15, 0.2) is 54.6 Å². The Morgan fingerprint density at radius 2 is 1.73 bits per heavy atom. The first-order valence-corrected chi connectivity index (χ1v) is 10.6. The Labute approximate surface area is 180 Å². The van der Waals surface area contributed by atoms with Crippen LogP contribution in [0.3, 0.4) is 0 Å². The maximum atomic E-state index is 13.0. The van der Waals surface area contributed by atoms with E-state index >= 15 is 0 Å². The van der Waals surface area contributed by atoms with Gasteiger partial charge in [-0.3, -0.25) is 4.79 Å². The van der Waals surface area contributed by atoms with Crippen molar-refractivity contribution in [3.63, 3.8) is 0 Å². The molecule has 3 aromatic rings. The average molecular weight is 425 g/mol. The Hall–Kier alpha value is -3.03. The van der Waals surface area contributed by atoms with E-state index in [1.165, 1.54) is 11.3 Å². The second kappa shape index (κ2) is 9.19. The number of ether oxygens (including phenoxy) is 3. The van der Waals surface area contributed by atoms with Crippen molar-refractivity contribution >= 4 is 27.9 Å². The summed E-state index contributed by atoms with van der Waals surface area (Å²) in [5, 5.41) is 4.07. The Morgan fingerprint density at radius 3 is 2.43 bits per heavy atom. The predicted molar refractivity (Wildman–Crippen MR) is 120 cm³/mol. The molecule has 0 unspecified atom stereocenters. The molecule has 0 atom stereocenters. The molecule has 1 saturated heterocycles. The van der Waals surface area contributed by atoms with Gasteiger partial charge in [0.25, 0.3) is 5.91 Å². The van der Waals surface area contributed by atoms with E-state index in [1.807, 2.05) is 24.3 Å². The summed E-state index contributed by atoms with van der Waals surface area (Å²) in [6.45, 7) is 3.02. The Balaban J connectivity index is 1.63. The third kappa shape index (κ3) is 4.27. The molecule has 1 amide bonds. The van der Waals surface area contributed by atoms with Crippen LogP contribution in [0.25, 0.3) is 11.1 Å². The average Bonchev–Trinajstić information content (AvgIpc) is 3.26. The molecule has 2 heterocycles. The van der Waals surface area contributed by atoms with E-state index in [0.29, 0.717) is 35.3 Å². The van der Waals surface area contributed by atoms with Gasteiger partial charge in [-0.15, -0.1) is 11.3 Å². The third-order valence-corrected chi connectivity index (χ3v) is 6.16. The lowest BCUT2D eigenvalue weighted by Gasteiger charge is -2.28. The predicted octanol–water partition coefficient (Wildman–Crippen LogP) is 4.52. The zero-order chi connectivity index (χ0) is 20.9. The highest BCUT2D eigenvalue weighted by Gasteiger charge is 2.22. The van der Waals surface area contributed by atoms with Gasteiger partial charge in [0, 0.05) is 30.4 Å². The number of nitrogens with one attached hydrogen (secondary N) is 1. The molecule has 0 saturated carbocycles. The van der Waals surface area contributed by atoms with Crippen molar-refractivity contribution in [3.05, 3.63) is 59.5 Å². The molecule has 6 nitrogen and oxygen atoms in total. The fourth-order valence-electron chi connectivity index (χ4n) is 3.43. The molecule has 1 aliphatic rings. The smallest absolute Gasteiger partial charge is 0.265 e. The molecule has 1 aromatic heterocycles. The van der Waals surface area contributed by atoms with Crippen LogP contribution < -0.4 is 19.7 Å². The first kappa shape index (κ1) is 20.3. The SMILES string of the molecule is COc1ccc(NC(=O)c2cc(-c3ccccc3)c(N3CCOCC3)s2)cc1OC. The van der Waals surface area contributed by atoms with Gasteiger partial charge in [0.2, 0.25) is 0 Å². The highest BCUT2D eigenvalue weighted by molar-refractivity contribution is 7.18. The summed E-state index contributed by atoms with van der Waals surface area (Å²) in [4.78, 5) is 16.0. The highest BCUT2D eigenvalue weighted by atomic mass is 32.1. The molecule has 7 heteroatoms. The number of carbonyl (C=O) groups is 1. The van der Waals surface area contributed by atoms with Gasteiger partial charge in [-0.05, 0) is 23.8 Å². The van der Waals surface area contributed by atoms with Gasteiger partial charge in [-0.1, -0.05) is 30.3 Å². The number of thiophene rings is 1. The van der Waals surface area contributed by atoms with Crippen LogP contribution in [0, 0.1) is 0 Å². The molecule has 2 aromatic carbocycles. The van der Waals surface area contributed by atoms with E-state index in [0.717, 1.165) is 29.2 Å². The molecule has 1 aliphatic heterocycles. The largest absolute Gasteiger partial charge is 0.493 e. The number of hydrogen-bond donors (Lipinski definition) is 1. The van der Waals surface area contributed by atoms with Gasteiger partial charge in [-0.2, -0.15) is 0 Å². The summed E-state index contributed by atoms with van der Waals surface area (Å²) in [5.74, 6) is 1.04. The first-order chi connectivity index (χ1) is 14.7. The molecular weight excluding hydrogens is 400 g/mol. The van der Waals surface area contributed by atoms with Crippen molar-refractivity contribution in [2.45, 2.75) is 0 Å². The molecule has 0 spiro atoms. The zero-order valence-corrected chi connectivity index (χ0v) is 17.8. The Bertz CT molecular complexity index is 1010. The molecule has 1 fully saturated rings. The van der Waals surface area contributed by atoms with E-state index < -0.39 is 0 Å². The van der Waals surface area contributed by atoms with Crippen molar-refractivity contribution in [3.8, 4) is 22.6 Å². The number of rotatable bonds is 6. The summed E-state index contributed by atoms with van der Waals surface area (Å²) >= 11 is 1.51. The number of anilines is 2. The van der Waals surface area contributed by atoms with Crippen LogP contribution in [-0.2, 0) is 4.74 Å². The molecule has 1 N–H and O–H groups in total. The monoisotopic (exact) mass is 424 g/mol. The second-order valence-corrected chi connectivity index (χ2v) is 7.85. The summed E-state index contributed by atoms with van der Waals surface area (Å²) in [5.41, 5.74) is 2.82. The van der Waals surface area contributed by atoms with Crippen molar-refractivity contribution in [1.29, 1.82) is 0 Å². The van der Waals surface area contributed by atoms with Crippen LogP contribution in [-0.4, -0.2) is 46.4 Å². The van der Waals surface area contributed by atoms with Crippen molar-refractivity contribution in [2.75, 3.05) is 50.7 Å². The summed E-state index contributed by atoms with van der Waals surface area (Å²) in [6.07, 6.45) is 0. The van der Waals surface area contributed by atoms with Crippen LogP contribution >= 0.6 is 11.3 Å². The maximum absolute atomic E-state index is 13.0. The standard InChI is InChI=1S/C23H24N2O4S/c1-27-19-9-8-17(14-20(19)28-2)24-22(26)21-15-18(16-6-4-3-5-7-16)23(30-21)25-10-12-29-13-11-25/h3-9,14-15H,10-13H2,1-2H3,(H,24,26). The zero-order valence-electron chi connectivity index (χ0n) is 17.0. The van der Waals surface area contributed by atoms with Crippen LogP contribution in [0.2, 0.25) is 0 Å². The highest BCUT2D eigenvalue weighted by Crippen LogP contribution is 2.40. The van der Waals surface area contributed by atoms with Crippen LogP contribution in [0.1, 0.15) is 9.67 Å². The third-order valence-electron chi connectivity index (χ3n) is 4.96. The van der Waals surface area contributed by atoms with E-state index in [9.17, 15) is 4.79 Å². The van der Waals surface area contributed by atoms with E-state index in [-0.39, 0.29) is 5.91 Å². The van der Waals surface area contributed by atoms with Gasteiger partial charge in [0.05, 0.1) is 37.3 Å². The molecule has 0 bridgehead atoms. The minimum Gasteiger partial charge on any atom is -0.493 e. The van der Waals surface area contributed by atoms with Gasteiger partial charge in [0.15, 0.2) is 11.5 Å². The second-order valence-electron chi connectivity index (χ2n) is 6.82. The minimum absolute atomic E-state index is 0.149. The first-order valence-electron chi connectivity index (χ1n) is 9.75. The number of hydrogen-bond acceptors (Lipinski definition) is 6. The number of benzene rings is 2. The van der Waals surface area contributed by atoms with Crippen LogP contribution in [0.4, 0.5) is 10.7 Å². The number of amides is 1. The van der Waals surface area contributed by atoms with Crippen molar-refractivity contribution in [1.82, 2.24) is 0 Å². The summed E-state index contributed by atoms with van der Waals surface area (Å²) < 4.78 is 16.1. The fourth-order valence-corrected chi connectivity index (χ4v) is 4.55.